The molecular formula is C25H37NO3. The van der Waals surface area contributed by atoms with Crippen molar-refractivity contribution < 1.29 is 14.2 Å². The van der Waals surface area contributed by atoms with E-state index in [0.29, 0.717) is 24.5 Å². The lowest BCUT2D eigenvalue weighted by molar-refractivity contribution is -0.184. The van der Waals surface area contributed by atoms with E-state index in [2.05, 4.69) is 38.1 Å². The number of hydrogen-bond acceptors (Lipinski definition) is 4. The Balaban J connectivity index is 1.64. The third-order valence-corrected chi connectivity index (χ3v) is 7.39. The summed E-state index contributed by atoms with van der Waals surface area (Å²) in [5.41, 5.74) is 11.4. The number of fused-ring (bicyclic) bond motifs is 2. The number of benzene rings is 1. The minimum atomic E-state index is -0.189. The molecule has 4 heteroatoms. The number of nitrogen functional groups attached to an aromatic ring is 1. The first-order valence-corrected chi connectivity index (χ1v) is 11.1. The zero-order chi connectivity index (χ0) is 20.7. The van der Waals surface area contributed by atoms with Gasteiger partial charge in [-0.2, -0.15) is 0 Å². The molecule has 4 rings (SSSR count). The van der Waals surface area contributed by atoms with E-state index in [1.165, 1.54) is 23.1 Å². The fourth-order valence-electron chi connectivity index (χ4n) is 5.78. The topological polar surface area (TPSA) is 53.7 Å². The monoisotopic (exact) mass is 399 g/mol. The van der Waals surface area contributed by atoms with Gasteiger partial charge < -0.3 is 19.9 Å². The Morgan fingerprint density at radius 3 is 2.24 bits per heavy atom. The number of allylic oxidation sites excluding steroid dienone is 2. The molecule has 2 aliphatic heterocycles. The summed E-state index contributed by atoms with van der Waals surface area (Å²) in [4.78, 5) is 0. The van der Waals surface area contributed by atoms with Gasteiger partial charge in [0.15, 0.2) is 0 Å². The number of methoxy groups -OCH3 is 2. The van der Waals surface area contributed by atoms with Crippen LogP contribution in [0.5, 0.6) is 0 Å². The lowest BCUT2D eigenvalue weighted by atomic mass is 9.75. The third-order valence-electron chi connectivity index (χ3n) is 7.39. The van der Waals surface area contributed by atoms with Gasteiger partial charge in [-0.15, -0.1) is 0 Å². The fourth-order valence-corrected chi connectivity index (χ4v) is 5.78. The van der Waals surface area contributed by atoms with Gasteiger partial charge in [-0.3, -0.25) is 0 Å². The summed E-state index contributed by atoms with van der Waals surface area (Å²) >= 11 is 0. The first-order chi connectivity index (χ1) is 13.8. The fraction of sp³-hybridized carbons (Fsp3) is 0.680. The molecule has 29 heavy (non-hydrogen) atoms. The second-order valence-corrected chi connectivity index (χ2v) is 10.4. The summed E-state index contributed by atoms with van der Waals surface area (Å²) < 4.78 is 17.8. The minimum Gasteiger partial charge on any atom is -0.398 e. The van der Waals surface area contributed by atoms with Crippen LogP contribution in [-0.2, 0) is 14.2 Å². The molecule has 2 heterocycles. The summed E-state index contributed by atoms with van der Waals surface area (Å²) in [5.74, 6) is 0.441. The maximum Gasteiger partial charge on any atom is 0.0930 e. The van der Waals surface area contributed by atoms with Crippen molar-refractivity contribution in [1.29, 1.82) is 0 Å². The molecule has 2 bridgehead atoms. The number of rotatable bonds is 6. The average molecular weight is 400 g/mol. The molecule has 1 aliphatic carbocycles. The van der Waals surface area contributed by atoms with Crippen molar-refractivity contribution in [2.45, 2.75) is 75.9 Å². The molecule has 3 aliphatic rings. The molecule has 1 aromatic rings. The molecular weight excluding hydrogens is 362 g/mol. The number of anilines is 1. The van der Waals surface area contributed by atoms with Crippen LogP contribution in [-0.4, -0.2) is 38.6 Å². The van der Waals surface area contributed by atoms with E-state index >= 15 is 0 Å². The zero-order valence-electron chi connectivity index (χ0n) is 18.6. The second-order valence-electron chi connectivity index (χ2n) is 10.4. The largest absolute Gasteiger partial charge is 0.398 e. The molecule has 1 unspecified atom stereocenters. The Morgan fingerprint density at radius 1 is 1.03 bits per heavy atom. The van der Waals surface area contributed by atoms with Gasteiger partial charge in [-0.05, 0) is 79.5 Å². The van der Waals surface area contributed by atoms with E-state index in [1.807, 2.05) is 0 Å². The summed E-state index contributed by atoms with van der Waals surface area (Å²) in [6.07, 6.45) is 9.95. The Kier molecular flexibility index (Phi) is 5.56. The van der Waals surface area contributed by atoms with Crippen LogP contribution in [0.4, 0.5) is 5.69 Å². The highest BCUT2D eigenvalue weighted by atomic mass is 16.6. The highest BCUT2D eigenvalue weighted by molar-refractivity contribution is 5.76. The second kappa shape index (κ2) is 7.72. The van der Waals surface area contributed by atoms with Crippen LogP contribution in [0, 0.1) is 5.41 Å². The molecule has 0 radical (unpaired) electrons. The quantitative estimate of drug-likeness (QED) is 0.658. The molecule has 4 nitrogen and oxygen atoms in total. The van der Waals surface area contributed by atoms with E-state index in [-0.39, 0.29) is 11.2 Å². The first kappa shape index (κ1) is 20.9. The average Bonchev–Trinajstić information content (AvgIpc) is 2.93. The van der Waals surface area contributed by atoms with Crippen molar-refractivity contribution in [1.82, 2.24) is 0 Å². The van der Waals surface area contributed by atoms with Gasteiger partial charge in [0.1, 0.15) is 0 Å². The van der Waals surface area contributed by atoms with Gasteiger partial charge in [0.2, 0.25) is 0 Å². The van der Waals surface area contributed by atoms with Gasteiger partial charge in [0, 0.05) is 25.5 Å². The summed E-state index contributed by atoms with van der Waals surface area (Å²) in [5, 5.41) is 0. The molecule has 0 amide bonds. The third kappa shape index (κ3) is 4.12. The standard InChI is InChI=1S/C25H37NO3/c1-23(2)9-7-18(8-10-23)21-13-19(5-6-22(21)26)20-14-24(16-27-3)11-12-25(15-20,29-24)17-28-4/h5-7,13,20H,8-12,14-17,26H2,1-4H3/t20?,24-,25+. The molecule has 2 N–H and O–H groups in total. The lowest BCUT2D eigenvalue weighted by Gasteiger charge is -2.44. The van der Waals surface area contributed by atoms with Crippen LogP contribution < -0.4 is 5.73 Å². The maximum absolute atomic E-state index is 6.61. The molecule has 0 saturated carbocycles. The molecule has 3 atom stereocenters. The van der Waals surface area contributed by atoms with Crippen molar-refractivity contribution in [3.05, 3.63) is 35.4 Å². The molecule has 1 aromatic carbocycles. The molecule has 0 aromatic heterocycles. The molecule has 2 saturated heterocycles. The highest BCUT2D eigenvalue weighted by Gasteiger charge is 2.55. The Bertz CT molecular complexity index is 764. The van der Waals surface area contributed by atoms with Crippen molar-refractivity contribution in [2.24, 2.45) is 5.41 Å². The smallest absolute Gasteiger partial charge is 0.0930 e. The Labute approximate surface area is 175 Å². The predicted molar refractivity (Wildman–Crippen MR) is 118 cm³/mol. The molecule has 2 fully saturated rings. The predicted octanol–water partition coefficient (Wildman–Crippen LogP) is 5.32. The minimum absolute atomic E-state index is 0.189. The molecule has 160 valence electrons. The number of nitrogens with two attached hydrogens (primary N) is 1. The van der Waals surface area contributed by atoms with Crippen LogP contribution in [0.25, 0.3) is 5.57 Å². The molecule has 0 spiro atoms. The van der Waals surface area contributed by atoms with Gasteiger partial charge in [-0.25, -0.2) is 0 Å². The normalized spacial score (nSPS) is 33.5. The Morgan fingerprint density at radius 2 is 1.69 bits per heavy atom. The van der Waals surface area contributed by atoms with Gasteiger partial charge in [0.05, 0.1) is 24.4 Å². The first-order valence-electron chi connectivity index (χ1n) is 11.1. The van der Waals surface area contributed by atoms with Crippen molar-refractivity contribution in [3.63, 3.8) is 0 Å². The van der Waals surface area contributed by atoms with Crippen molar-refractivity contribution in [3.8, 4) is 0 Å². The Hall–Kier alpha value is -1.36. The van der Waals surface area contributed by atoms with Gasteiger partial charge in [0.25, 0.3) is 0 Å². The zero-order valence-corrected chi connectivity index (χ0v) is 18.6. The van der Waals surface area contributed by atoms with Crippen LogP contribution in [0.2, 0.25) is 0 Å². The SMILES string of the molecule is COC[C@@]12CC[C@@](COC)(CC(c3ccc(N)c(C4=CCC(C)(C)CC4)c3)C1)O2. The van der Waals surface area contributed by atoms with Crippen molar-refractivity contribution in [2.75, 3.05) is 33.2 Å². The van der Waals surface area contributed by atoms with E-state index in [1.54, 1.807) is 14.2 Å². The van der Waals surface area contributed by atoms with E-state index in [0.717, 1.165) is 44.2 Å². The van der Waals surface area contributed by atoms with Gasteiger partial charge in [-0.1, -0.05) is 26.0 Å². The van der Waals surface area contributed by atoms with Crippen LogP contribution in [0.1, 0.15) is 75.8 Å². The van der Waals surface area contributed by atoms with E-state index in [9.17, 15) is 0 Å². The van der Waals surface area contributed by atoms with Crippen LogP contribution >= 0.6 is 0 Å². The highest BCUT2D eigenvalue weighted by Crippen LogP contribution is 2.54. The summed E-state index contributed by atoms with van der Waals surface area (Å²) in [7, 11) is 3.55. The lowest BCUT2D eigenvalue weighted by Crippen LogP contribution is -2.48. The van der Waals surface area contributed by atoms with Crippen molar-refractivity contribution >= 4 is 11.3 Å². The van der Waals surface area contributed by atoms with Gasteiger partial charge >= 0.3 is 0 Å². The number of hydrogen-bond donors (Lipinski definition) is 1. The van der Waals surface area contributed by atoms with E-state index in [4.69, 9.17) is 19.9 Å². The van der Waals surface area contributed by atoms with Crippen LogP contribution in [0.15, 0.2) is 24.3 Å². The number of ether oxygens (including phenoxy) is 3. The summed E-state index contributed by atoms with van der Waals surface area (Å²) in [6.45, 7) is 6.00. The summed E-state index contributed by atoms with van der Waals surface area (Å²) in [6, 6.07) is 6.69. The van der Waals surface area contributed by atoms with E-state index < -0.39 is 0 Å². The maximum atomic E-state index is 6.61. The van der Waals surface area contributed by atoms with Crippen LogP contribution in [0.3, 0.4) is 0 Å².